The molecule has 0 aliphatic heterocycles. The lowest BCUT2D eigenvalue weighted by atomic mass is 10.2. The molecule has 1 saturated carbocycles. The number of imidazole rings is 1. The van der Waals surface area contributed by atoms with Gasteiger partial charge in [0.1, 0.15) is 5.69 Å². The Morgan fingerprint density at radius 2 is 2.29 bits per heavy atom. The molecular formula is C12H20N4O. The van der Waals surface area contributed by atoms with Gasteiger partial charge in [-0.25, -0.2) is 4.98 Å². The summed E-state index contributed by atoms with van der Waals surface area (Å²) in [6, 6.07) is 0.391. The zero-order chi connectivity index (χ0) is 12.3. The minimum atomic E-state index is 0.0210. The Balaban J connectivity index is 2.02. The van der Waals surface area contributed by atoms with Crippen molar-refractivity contribution in [2.24, 2.45) is 5.73 Å². The van der Waals surface area contributed by atoms with E-state index in [1.807, 2.05) is 16.5 Å². The van der Waals surface area contributed by atoms with Crippen molar-refractivity contribution in [2.75, 3.05) is 13.6 Å². The standard InChI is InChI=1S/C12H20N4O/c1-15(10-4-2-3-5-10)12(17)11-8-16(7-6-13)9-14-11/h8-10H,2-7,13H2,1H3. The maximum atomic E-state index is 12.2. The van der Waals surface area contributed by atoms with Crippen molar-refractivity contribution in [3.8, 4) is 0 Å². The highest BCUT2D eigenvalue weighted by Crippen LogP contribution is 2.23. The SMILES string of the molecule is CN(C(=O)c1cn(CCN)cn1)C1CCCC1. The molecule has 1 aromatic rings. The monoisotopic (exact) mass is 236 g/mol. The number of carbonyl (C=O) groups excluding carboxylic acids is 1. The van der Waals surface area contributed by atoms with E-state index >= 15 is 0 Å². The van der Waals surface area contributed by atoms with Crippen LogP contribution in [0.4, 0.5) is 0 Å². The van der Waals surface area contributed by atoms with Gasteiger partial charge in [-0.1, -0.05) is 12.8 Å². The highest BCUT2D eigenvalue weighted by molar-refractivity contribution is 5.92. The first-order chi connectivity index (χ1) is 8.22. The Hall–Kier alpha value is -1.36. The van der Waals surface area contributed by atoms with E-state index in [1.54, 1.807) is 12.5 Å². The molecule has 5 heteroatoms. The van der Waals surface area contributed by atoms with Crippen LogP contribution in [0.5, 0.6) is 0 Å². The molecular weight excluding hydrogens is 216 g/mol. The van der Waals surface area contributed by atoms with E-state index in [0.717, 1.165) is 12.8 Å². The van der Waals surface area contributed by atoms with Crippen molar-refractivity contribution < 1.29 is 4.79 Å². The largest absolute Gasteiger partial charge is 0.337 e. The fourth-order valence-corrected chi connectivity index (χ4v) is 2.38. The molecule has 1 amide bonds. The van der Waals surface area contributed by atoms with Crippen molar-refractivity contribution in [2.45, 2.75) is 38.3 Å². The van der Waals surface area contributed by atoms with Crippen LogP contribution in [-0.4, -0.2) is 40.0 Å². The molecule has 0 spiro atoms. The number of aromatic nitrogens is 2. The zero-order valence-electron chi connectivity index (χ0n) is 10.3. The molecule has 0 bridgehead atoms. The summed E-state index contributed by atoms with van der Waals surface area (Å²) < 4.78 is 1.86. The molecule has 2 N–H and O–H groups in total. The van der Waals surface area contributed by atoms with E-state index in [-0.39, 0.29) is 5.91 Å². The second-order valence-electron chi connectivity index (χ2n) is 4.64. The van der Waals surface area contributed by atoms with Crippen LogP contribution in [-0.2, 0) is 6.54 Å². The Morgan fingerprint density at radius 1 is 1.59 bits per heavy atom. The van der Waals surface area contributed by atoms with Crippen LogP contribution in [0, 0.1) is 0 Å². The summed E-state index contributed by atoms with van der Waals surface area (Å²) in [6.45, 7) is 1.26. The molecule has 94 valence electrons. The van der Waals surface area contributed by atoms with Gasteiger partial charge in [0.15, 0.2) is 0 Å². The molecule has 17 heavy (non-hydrogen) atoms. The third-order valence-electron chi connectivity index (χ3n) is 3.43. The molecule has 0 aromatic carbocycles. The third-order valence-corrected chi connectivity index (χ3v) is 3.43. The summed E-state index contributed by atoms with van der Waals surface area (Å²) in [5.74, 6) is 0.0210. The van der Waals surface area contributed by atoms with E-state index in [0.29, 0.717) is 24.8 Å². The molecule has 0 saturated heterocycles. The summed E-state index contributed by atoms with van der Waals surface area (Å²) in [5.41, 5.74) is 5.98. The molecule has 1 aliphatic carbocycles. The van der Waals surface area contributed by atoms with Crippen LogP contribution < -0.4 is 5.73 Å². The smallest absolute Gasteiger partial charge is 0.274 e. The lowest BCUT2D eigenvalue weighted by Crippen LogP contribution is -2.35. The average molecular weight is 236 g/mol. The number of hydrogen-bond acceptors (Lipinski definition) is 3. The fourth-order valence-electron chi connectivity index (χ4n) is 2.38. The average Bonchev–Trinajstić information content (AvgIpc) is 2.98. The molecule has 1 aromatic heterocycles. The van der Waals surface area contributed by atoms with Gasteiger partial charge in [0.2, 0.25) is 0 Å². The molecule has 2 rings (SSSR count). The van der Waals surface area contributed by atoms with Gasteiger partial charge in [-0.3, -0.25) is 4.79 Å². The molecule has 0 radical (unpaired) electrons. The number of rotatable bonds is 4. The predicted octanol–water partition coefficient (Wildman–Crippen LogP) is 0.856. The van der Waals surface area contributed by atoms with Gasteiger partial charge in [-0.2, -0.15) is 0 Å². The lowest BCUT2D eigenvalue weighted by molar-refractivity contribution is 0.0729. The second-order valence-corrected chi connectivity index (χ2v) is 4.64. The maximum Gasteiger partial charge on any atom is 0.274 e. The van der Waals surface area contributed by atoms with E-state index in [2.05, 4.69) is 4.98 Å². The number of carbonyl (C=O) groups is 1. The minimum Gasteiger partial charge on any atom is -0.337 e. The Morgan fingerprint density at radius 3 is 2.94 bits per heavy atom. The van der Waals surface area contributed by atoms with E-state index < -0.39 is 0 Å². The molecule has 1 heterocycles. The zero-order valence-corrected chi connectivity index (χ0v) is 10.3. The first-order valence-electron chi connectivity index (χ1n) is 6.21. The highest BCUT2D eigenvalue weighted by atomic mass is 16.2. The van der Waals surface area contributed by atoms with Crippen molar-refractivity contribution in [1.29, 1.82) is 0 Å². The molecule has 1 fully saturated rings. The summed E-state index contributed by atoms with van der Waals surface area (Å²) in [5, 5.41) is 0. The van der Waals surface area contributed by atoms with Gasteiger partial charge in [0.05, 0.1) is 6.33 Å². The van der Waals surface area contributed by atoms with Crippen molar-refractivity contribution >= 4 is 5.91 Å². The van der Waals surface area contributed by atoms with Gasteiger partial charge in [-0.05, 0) is 12.8 Å². The van der Waals surface area contributed by atoms with Gasteiger partial charge in [-0.15, -0.1) is 0 Å². The first kappa shape index (κ1) is 12.1. The van der Waals surface area contributed by atoms with Crippen LogP contribution in [0.1, 0.15) is 36.2 Å². The summed E-state index contributed by atoms with van der Waals surface area (Å²) in [4.78, 5) is 18.1. The Bertz CT molecular complexity index is 382. The van der Waals surface area contributed by atoms with Crippen LogP contribution in [0.3, 0.4) is 0 Å². The van der Waals surface area contributed by atoms with Gasteiger partial charge >= 0.3 is 0 Å². The fraction of sp³-hybridized carbons (Fsp3) is 0.667. The van der Waals surface area contributed by atoms with Crippen LogP contribution in [0.2, 0.25) is 0 Å². The Labute approximate surface area is 102 Å². The quantitative estimate of drug-likeness (QED) is 0.843. The summed E-state index contributed by atoms with van der Waals surface area (Å²) in [7, 11) is 1.88. The van der Waals surface area contributed by atoms with Crippen LogP contribution in [0.25, 0.3) is 0 Å². The van der Waals surface area contributed by atoms with Gasteiger partial charge in [0.25, 0.3) is 5.91 Å². The number of nitrogens with zero attached hydrogens (tertiary/aromatic N) is 3. The minimum absolute atomic E-state index is 0.0210. The Kier molecular flexibility index (Phi) is 3.78. The third kappa shape index (κ3) is 2.66. The van der Waals surface area contributed by atoms with Crippen molar-refractivity contribution in [3.63, 3.8) is 0 Å². The molecule has 0 unspecified atom stereocenters. The number of hydrogen-bond donors (Lipinski definition) is 1. The maximum absolute atomic E-state index is 12.2. The second kappa shape index (κ2) is 5.31. The van der Waals surface area contributed by atoms with E-state index in [9.17, 15) is 4.79 Å². The number of amides is 1. The predicted molar refractivity (Wildman–Crippen MR) is 65.6 cm³/mol. The molecule has 1 aliphatic rings. The van der Waals surface area contributed by atoms with Gasteiger partial charge < -0.3 is 15.2 Å². The summed E-state index contributed by atoms with van der Waals surface area (Å²) >= 11 is 0. The molecule has 5 nitrogen and oxygen atoms in total. The van der Waals surface area contributed by atoms with E-state index in [4.69, 9.17) is 5.73 Å². The topological polar surface area (TPSA) is 64.2 Å². The summed E-state index contributed by atoms with van der Waals surface area (Å²) in [6.07, 6.45) is 8.13. The first-order valence-corrected chi connectivity index (χ1v) is 6.21. The number of nitrogens with two attached hydrogens (primary N) is 1. The lowest BCUT2D eigenvalue weighted by Gasteiger charge is -2.23. The van der Waals surface area contributed by atoms with E-state index in [1.165, 1.54) is 12.8 Å². The normalized spacial score (nSPS) is 16.4. The molecule has 0 atom stereocenters. The van der Waals surface area contributed by atoms with Crippen LogP contribution >= 0.6 is 0 Å². The highest BCUT2D eigenvalue weighted by Gasteiger charge is 2.25. The van der Waals surface area contributed by atoms with Gasteiger partial charge in [0, 0.05) is 32.4 Å². The van der Waals surface area contributed by atoms with Crippen molar-refractivity contribution in [1.82, 2.24) is 14.5 Å². The van der Waals surface area contributed by atoms with Crippen molar-refractivity contribution in [3.05, 3.63) is 18.2 Å². The van der Waals surface area contributed by atoms with Crippen LogP contribution in [0.15, 0.2) is 12.5 Å².